The van der Waals surface area contributed by atoms with Crippen molar-refractivity contribution in [2.75, 3.05) is 0 Å². The molecule has 3 aromatic heterocycles. The van der Waals surface area contributed by atoms with Crippen molar-refractivity contribution in [2.45, 2.75) is 33.7 Å². The molecule has 0 atom stereocenters. The van der Waals surface area contributed by atoms with Crippen LogP contribution in [0.2, 0.25) is 0 Å². The van der Waals surface area contributed by atoms with E-state index in [1.165, 1.54) is 0 Å². The van der Waals surface area contributed by atoms with E-state index in [0.29, 0.717) is 6.42 Å². The van der Waals surface area contributed by atoms with Gasteiger partial charge in [0.1, 0.15) is 0 Å². The standard InChI is InChI=1S/C19H20N4O2/c1-4-16-14(6-7-17(24)25)18(13-8-12(3)9-20-10-13)15-11-21-23(5-2)19(15)22-16/h6-11H,4-5H2,1-3H3,(H,24,25). The van der Waals surface area contributed by atoms with Gasteiger partial charge in [-0.25, -0.2) is 14.5 Å². The molecule has 0 aliphatic heterocycles. The Morgan fingerprint density at radius 2 is 2.08 bits per heavy atom. The summed E-state index contributed by atoms with van der Waals surface area (Å²) in [7, 11) is 0. The average Bonchev–Trinajstić information content (AvgIpc) is 3.01. The predicted molar refractivity (Wildman–Crippen MR) is 97.2 cm³/mol. The van der Waals surface area contributed by atoms with E-state index < -0.39 is 5.97 Å². The Morgan fingerprint density at radius 3 is 2.72 bits per heavy atom. The number of aliphatic carboxylic acids is 1. The van der Waals surface area contributed by atoms with Crippen molar-refractivity contribution in [2.24, 2.45) is 0 Å². The molecule has 3 rings (SSSR count). The molecule has 0 fully saturated rings. The molecule has 0 saturated heterocycles. The molecular formula is C19H20N4O2. The molecule has 0 aliphatic rings. The SMILES string of the molecule is CCc1nc2c(cnn2CC)c(-c2cncc(C)c2)c1C=CC(=O)O. The maximum Gasteiger partial charge on any atom is 0.328 e. The van der Waals surface area contributed by atoms with Crippen molar-refractivity contribution < 1.29 is 9.90 Å². The van der Waals surface area contributed by atoms with Gasteiger partial charge in [0.25, 0.3) is 0 Å². The van der Waals surface area contributed by atoms with Crippen molar-refractivity contribution >= 4 is 23.1 Å². The van der Waals surface area contributed by atoms with E-state index in [1.807, 2.05) is 31.5 Å². The zero-order valence-corrected chi connectivity index (χ0v) is 14.5. The summed E-state index contributed by atoms with van der Waals surface area (Å²) < 4.78 is 1.85. The van der Waals surface area contributed by atoms with Crippen molar-refractivity contribution in [1.82, 2.24) is 19.7 Å². The van der Waals surface area contributed by atoms with Gasteiger partial charge in [0.15, 0.2) is 5.65 Å². The van der Waals surface area contributed by atoms with Crippen molar-refractivity contribution in [3.8, 4) is 11.1 Å². The zero-order chi connectivity index (χ0) is 18.0. The van der Waals surface area contributed by atoms with Crippen LogP contribution in [0.4, 0.5) is 0 Å². The minimum absolute atomic E-state index is 0.691. The monoisotopic (exact) mass is 336 g/mol. The summed E-state index contributed by atoms with van der Waals surface area (Å²) in [6, 6.07) is 2.04. The first-order valence-electron chi connectivity index (χ1n) is 8.26. The van der Waals surface area contributed by atoms with Gasteiger partial charge in [-0.2, -0.15) is 5.10 Å². The minimum atomic E-state index is -0.986. The molecule has 3 aromatic rings. The normalized spacial score (nSPS) is 11.5. The molecule has 25 heavy (non-hydrogen) atoms. The summed E-state index contributed by atoms with van der Waals surface area (Å²) in [5, 5.41) is 14.4. The highest BCUT2D eigenvalue weighted by atomic mass is 16.4. The Labute approximate surface area is 145 Å². The fraction of sp³-hybridized carbons (Fsp3) is 0.263. The molecule has 0 aliphatic carbocycles. The third-order valence-corrected chi connectivity index (χ3v) is 4.09. The molecule has 3 heterocycles. The summed E-state index contributed by atoms with van der Waals surface area (Å²) in [6.45, 7) is 6.73. The van der Waals surface area contributed by atoms with E-state index in [-0.39, 0.29) is 0 Å². The van der Waals surface area contributed by atoms with Gasteiger partial charge in [0.05, 0.1) is 11.9 Å². The predicted octanol–water partition coefficient (Wildman–Crippen LogP) is 3.48. The number of carboxylic acid groups (broad SMARTS) is 1. The van der Waals surface area contributed by atoms with Crippen LogP contribution in [0.25, 0.3) is 28.2 Å². The lowest BCUT2D eigenvalue weighted by molar-refractivity contribution is -0.131. The molecule has 0 aromatic carbocycles. The molecule has 0 amide bonds. The highest BCUT2D eigenvalue weighted by Crippen LogP contribution is 2.34. The molecule has 128 valence electrons. The molecule has 0 unspecified atom stereocenters. The molecule has 0 radical (unpaired) electrons. The first kappa shape index (κ1) is 16.8. The van der Waals surface area contributed by atoms with Crippen molar-refractivity contribution in [1.29, 1.82) is 0 Å². The van der Waals surface area contributed by atoms with Crippen LogP contribution >= 0.6 is 0 Å². The van der Waals surface area contributed by atoms with Gasteiger partial charge in [-0.15, -0.1) is 0 Å². The molecule has 0 saturated carbocycles. The Morgan fingerprint density at radius 1 is 1.28 bits per heavy atom. The third-order valence-electron chi connectivity index (χ3n) is 4.09. The van der Waals surface area contributed by atoms with Crippen LogP contribution in [0.1, 0.15) is 30.7 Å². The topological polar surface area (TPSA) is 80.9 Å². The van der Waals surface area contributed by atoms with Crippen molar-refractivity contribution in [3.63, 3.8) is 0 Å². The fourth-order valence-electron chi connectivity index (χ4n) is 2.99. The minimum Gasteiger partial charge on any atom is -0.478 e. The summed E-state index contributed by atoms with van der Waals surface area (Å²) in [5.74, 6) is -0.986. The number of fused-ring (bicyclic) bond motifs is 1. The Kier molecular flexibility index (Phi) is 4.61. The number of rotatable bonds is 5. The van der Waals surface area contributed by atoms with Gasteiger partial charge in [-0.3, -0.25) is 4.98 Å². The summed E-state index contributed by atoms with van der Waals surface area (Å²) in [5.41, 5.74) is 5.36. The summed E-state index contributed by atoms with van der Waals surface area (Å²) >= 11 is 0. The Bertz CT molecular complexity index is 973. The van der Waals surface area contributed by atoms with Crippen LogP contribution in [0.3, 0.4) is 0 Å². The van der Waals surface area contributed by atoms with Crippen LogP contribution in [-0.2, 0) is 17.8 Å². The number of nitrogens with zero attached hydrogens (tertiary/aromatic N) is 4. The molecule has 0 spiro atoms. The number of aryl methyl sites for hydroxylation is 3. The highest BCUT2D eigenvalue weighted by molar-refractivity contribution is 5.99. The Hall–Kier alpha value is -3.02. The second kappa shape index (κ2) is 6.84. The van der Waals surface area contributed by atoms with Crippen LogP contribution in [-0.4, -0.2) is 30.8 Å². The highest BCUT2D eigenvalue weighted by Gasteiger charge is 2.18. The largest absolute Gasteiger partial charge is 0.478 e. The van der Waals surface area contributed by atoms with Crippen molar-refractivity contribution in [3.05, 3.63) is 47.6 Å². The molecular weight excluding hydrogens is 316 g/mol. The van der Waals surface area contributed by atoms with E-state index in [1.54, 1.807) is 24.7 Å². The summed E-state index contributed by atoms with van der Waals surface area (Å²) in [6.07, 6.45) is 8.85. The smallest absolute Gasteiger partial charge is 0.328 e. The molecule has 6 nitrogen and oxygen atoms in total. The lowest BCUT2D eigenvalue weighted by atomic mass is 9.95. The van der Waals surface area contributed by atoms with Gasteiger partial charge < -0.3 is 5.11 Å². The first-order valence-corrected chi connectivity index (χ1v) is 8.26. The average molecular weight is 336 g/mol. The van der Waals surface area contributed by atoms with E-state index in [2.05, 4.69) is 10.1 Å². The quantitative estimate of drug-likeness (QED) is 0.721. The number of hydrogen-bond donors (Lipinski definition) is 1. The van der Waals surface area contributed by atoms with Gasteiger partial charge in [-0.05, 0) is 38.0 Å². The zero-order valence-electron chi connectivity index (χ0n) is 14.5. The number of aromatic nitrogens is 4. The molecule has 6 heteroatoms. The third kappa shape index (κ3) is 3.15. The van der Waals surface area contributed by atoms with E-state index in [9.17, 15) is 4.79 Å². The number of hydrogen-bond acceptors (Lipinski definition) is 4. The second-order valence-corrected chi connectivity index (χ2v) is 5.82. The van der Waals surface area contributed by atoms with Gasteiger partial charge in [-0.1, -0.05) is 6.92 Å². The van der Waals surface area contributed by atoms with Gasteiger partial charge >= 0.3 is 5.97 Å². The van der Waals surface area contributed by atoms with Crippen LogP contribution in [0, 0.1) is 6.92 Å². The van der Waals surface area contributed by atoms with Crippen LogP contribution in [0.5, 0.6) is 0 Å². The summed E-state index contributed by atoms with van der Waals surface area (Å²) in [4.78, 5) is 20.1. The van der Waals surface area contributed by atoms with Gasteiger partial charge in [0, 0.05) is 47.1 Å². The number of pyridine rings is 2. The maximum absolute atomic E-state index is 11.1. The Balaban J connectivity index is 2.41. The fourth-order valence-corrected chi connectivity index (χ4v) is 2.99. The second-order valence-electron chi connectivity index (χ2n) is 5.82. The molecule has 1 N–H and O–H groups in total. The number of carboxylic acids is 1. The van der Waals surface area contributed by atoms with Crippen LogP contribution in [0.15, 0.2) is 30.7 Å². The molecule has 0 bridgehead atoms. The van der Waals surface area contributed by atoms with E-state index in [4.69, 9.17) is 10.1 Å². The van der Waals surface area contributed by atoms with Crippen LogP contribution < -0.4 is 0 Å². The van der Waals surface area contributed by atoms with E-state index in [0.717, 1.165) is 51.6 Å². The number of carbonyl (C=O) groups is 1. The maximum atomic E-state index is 11.1. The first-order chi connectivity index (χ1) is 12.0. The van der Waals surface area contributed by atoms with Gasteiger partial charge in [0.2, 0.25) is 0 Å². The lowest BCUT2D eigenvalue weighted by Gasteiger charge is -2.13. The lowest BCUT2D eigenvalue weighted by Crippen LogP contribution is -2.03. The van der Waals surface area contributed by atoms with E-state index >= 15 is 0 Å².